The lowest BCUT2D eigenvalue weighted by Gasteiger charge is -2.31. The Labute approximate surface area is 228 Å². The highest BCUT2D eigenvalue weighted by Gasteiger charge is 2.41. The van der Waals surface area contributed by atoms with Crippen LogP contribution in [0.25, 0.3) is 22.3 Å². The van der Waals surface area contributed by atoms with Gasteiger partial charge in [-0.2, -0.15) is 0 Å². The van der Waals surface area contributed by atoms with Gasteiger partial charge in [0.2, 0.25) is 0 Å². The highest BCUT2D eigenvalue weighted by atomic mass is 19.1. The quantitative estimate of drug-likeness (QED) is 0.295. The van der Waals surface area contributed by atoms with Crippen LogP contribution in [0.15, 0.2) is 121 Å². The van der Waals surface area contributed by atoms with Crippen molar-refractivity contribution in [2.45, 2.75) is 52.6 Å². The third-order valence-electron chi connectivity index (χ3n) is 7.65. The summed E-state index contributed by atoms with van der Waals surface area (Å²) in [6, 6.07) is 24.3. The molecular weight excluding hydrogens is 463 g/mol. The molecule has 0 spiro atoms. The maximum Gasteiger partial charge on any atom is 0.102 e. The van der Waals surface area contributed by atoms with E-state index in [0.29, 0.717) is 6.42 Å². The average molecular weight is 501 g/mol. The van der Waals surface area contributed by atoms with Crippen LogP contribution in [0.2, 0.25) is 0 Å². The molecule has 0 amide bonds. The molecule has 0 aromatic heterocycles. The lowest BCUT2D eigenvalue weighted by Crippen LogP contribution is -2.24. The standard InChI is InChI=1S/C29H28.C8H9F/c1-7-26-21(5)25-16-15-24(23-13-10-12-22(17-23)19(2)3)18-28(25)29(26,6)27-14-9-8-11-20(27)4;1-7(9)6-8-4-2-3-5-8/h7-18H,1-2H2,3-6H3;2-4,7H,6H2,1H3. The number of hydrogen-bond donors (Lipinski definition) is 0. The van der Waals surface area contributed by atoms with Crippen molar-refractivity contribution in [2.24, 2.45) is 0 Å². The molecule has 2 aliphatic carbocycles. The lowest BCUT2D eigenvalue weighted by molar-refractivity contribution is 0.361. The maximum absolute atomic E-state index is 12.2. The van der Waals surface area contributed by atoms with Gasteiger partial charge in [0.1, 0.15) is 6.17 Å². The zero-order valence-corrected chi connectivity index (χ0v) is 23.2. The van der Waals surface area contributed by atoms with Gasteiger partial charge in [-0.25, -0.2) is 4.39 Å². The first-order valence-corrected chi connectivity index (χ1v) is 13.2. The Morgan fingerprint density at radius 1 is 1.00 bits per heavy atom. The molecule has 2 atom stereocenters. The summed E-state index contributed by atoms with van der Waals surface area (Å²) >= 11 is 0. The van der Waals surface area contributed by atoms with E-state index < -0.39 is 6.17 Å². The minimum atomic E-state index is -0.747. The fourth-order valence-corrected chi connectivity index (χ4v) is 5.67. The fourth-order valence-electron chi connectivity index (χ4n) is 5.67. The molecule has 5 rings (SSSR count). The Bertz CT molecular complexity index is 1520. The molecule has 192 valence electrons. The van der Waals surface area contributed by atoms with E-state index in [1.807, 2.05) is 18.2 Å². The molecule has 0 bridgehead atoms. The second kappa shape index (κ2) is 11.2. The van der Waals surface area contributed by atoms with Gasteiger partial charge >= 0.3 is 0 Å². The highest BCUT2D eigenvalue weighted by molar-refractivity contribution is 5.86. The summed E-state index contributed by atoms with van der Waals surface area (Å²) < 4.78 is 12.2. The normalized spacial score (nSPS) is 18.0. The molecule has 3 aromatic carbocycles. The van der Waals surface area contributed by atoms with Crippen molar-refractivity contribution in [3.63, 3.8) is 0 Å². The first-order valence-electron chi connectivity index (χ1n) is 13.2. The minimum Gasteiger partial charge on any atom is -0.247 e. The molecule has 0 N–H and O–H groups in total. The van der Waals surface area contributed by atoms with Crippen LogP contribution in [0.1, 0.15) is 61.9 Å². The van der Waals surface area contributed by atoms with Crippen LogP contribution in [-0.4, -0.2) is 6.17 Å². The summed E-state index contributed by atoms with van der Waals surface area (Å²) in [6.45, 7) is 18.7. The van der Waals surface area contributed by atoms with Crippen molar-refractivity contribution in [2.75, 3.05) is 0 Å². The van der Waals surface area contributed by atoms with E-state index in [1.54, 1.807) is 13.0 Å². The zero-order chi connectivity index (χ0) is 27.4. The largest absolute Gasteiger partial charge is 0.247 e. The first kappa shape index (κ1) is 27.1. The van der Waals surface area contributed by atoms with Gasteiger partial charge in [-0.15, -0.1) is 5.73 Å². The molecule has 0 saturated carbocycles. The molecule has 0 nitrogen and oxygen atoms in total. The van der Waals surface area contributed by atoms with Crippen molar-refractivity contribution in [3.05, 3.63) is 149 Å². The zero-order valence-electron chi connectivity index (χ0n) is 23.2. The topological polar surface area (TPSA) is 0 Å². The summed E-state index contributed by atoms with van der Waals surface area (Å²) in [5, 5.41) is 0. The van der Waals surface area contributed by atoms with Crippen LogP contribution >= 0.6 is 0 Å². The van der Waals surface area contributed by atoms with Crippen LogP contribution in [0, 0.1) is 6.92 Å². The first-order chi connectivity index (χ1) is 18.2. The fraction of sp³-hybridized carbons (Fsp3) is 0.216. The van der Waals surface area contributed by atoms with Crippen LogP contribution in [-0.2, 0) is 5.41 Å². The molecule has 1 heteroatoms. The van der Waals surface area contributed by atoms with Gasteiger partial charge in [-0.3, -0.25) is 0 Å². The molecule has 0 radical (unpaired) electrons. The maximum atomic E-state index is 12.2. The summed E-state index contributed by atoms with van der Waals surface area (Å²) in [7, 11) is 0. The minimum absolute atomic E-state index is 0.200. The smallest absolute Gasteiger partial charge is 0.102 e. The Kier molecular flexibility index (Phi) is 8.00. The number of alkyl halides is 1. The van der Waals surface area contributed by atoms with Gasteiger partial charge in [0.05, 0.1) is 0 Å². The van der Waals surface area contributed by atoms with E-state index in [2.05, 4.69) is 113 Å². The van der Waals surface area contributed by atoms with Crippen LogP contribution in [0.3, 0.4) is 0 Å². The second-order valence-electron chi connectivity index (χ2n) is 10.5. The van der Waals surface area contributed by atoms with E-state index in [-0.39, 0.29) is 5.41 Å². The Morgan fingerprint density at radius 2 is 1.74 bits per heavy atom. The van der Waals surface area contributed by atoms with Crippen molar-refractivity contribution in [1.82, 2.24) is 0 Å². The lowest BCUT2D eigenvalue weighted by atomic mass is 9.71. The van der Waals surface area contributed by atoms with E-state index >= 15 is 0 Å². The number of halogens is 1. The summed E-state index contributed by atoms with van der Waals surface area (Å²) in [5.41, 5.74) is 16.4. The molecule has 2 unspecified atom stereocenters. The van der Waals surface area contributed by atoms with Crippen molar-refractivity contribution < 1.29 is 4.39 Å². The molecule has 38 heavy (non-hydrogen) atoms. The van der Waals surface area contributed by atoms with Crippen LogP contribution in [0.4, 0.5) is 4.39 Å². The van der Waals surface area contributed by atoms with Crippen LogP contribution in [0.5, 0.6) is 0 Å². The van der Waals surface area contributed by atoms with Gasteiger partial charge in [0, 0.05) is 11.8 Å². The number of rotatable bonds is 6. The van der Waals surface area contributed by atoms with Gasteiger partial charge < -0.3 is 0 Å². The number of hydrogen-bond acceptors (Lipinski definition) is 0. The molecule has 2 aliphatic rings. The highest BCUT2D eigenvalue weighted by Crippen LogP contribution is 2.52. The second-order valence-corrected chi connectivity index (χ2v) is 10.5. The Hall–Kier alpha value is -3.93. The monoisotopic (exact) mass is 500 g/mol. The molecule has 3 aromatic rings. The molecule has 0 aliphatic heterocycles. The van der Waals surface area contributed by atoms with E-state index in [9.17, 15) is 4.39 Å². The van der Waals surface area contributed by atoms with Gasteiger partial charge in [0.15, 0.2) is 0 Å². The molecule has 0 saturated heterocycles. The summed E-state index contributed by atoms with van der Waals surface area (Å²) in [5.74, 6) is 0. The predicted octanol–water partition coefficient (Wildman–Crippen LogP) is 10.4. The predicted molar refractivity (Wildman–Crippen MR) is 163 cm³/mol. The number of allylic oxidation sites excluding steroid dienone is 7. The van der Waals surface area contributed by atoms with Crippen LogP contribution < -0.4 is 0 Å². The van der Waals surface area contributed by atoms with E-state index in [4.69, 9.17) is 0 Å². The summed E-state index contributed by atoms with van der Waals surface area (Å²) in [4.78, 5) is 0. The average Bonchev–Trinajstić information content (AvgIpc) is 3.48. The SMILES string of the molecule is C=CC1=C(C)c2ccc(-c3cccc(C(=C)C)c3)cc2C1(C)c1ccccc1C.CC(F)CC1=C=CC=C1. The summed E-state index contributed by atoms with van der Waals surface area (Å²) in [6.07, 6.45) is 7.35. The van der Waals surface area contributed by atoms with E-state index in [0.717, 1.165) is 11.1 Å². The molecule has 0 fully saturated rings. The van der Waals surface area contributed by atoms with Gasteiger partial charge in [-0.1, -0.05) is 91.6 Å². The number of aryl methyl sites for hydroxylation is 1. The van der Waals surface area contributed by atoms with Crippen molar-refractivity contribution in [1.29, 1.82) is 0 Å². The third-order valence-corrected chi connectivity index (χ3v) is 7.65. The number of benzene rings is 3. The molecular formula is C37H37F. The van der Waals surface area contributed by atoms with Gasteiger partial charge in [0.25, 0.3) is 0 Å². The Morgan fingerprint density at radius 3 is 2.37 bits per heavy atom. The van der Waals surface area contributed by atoms with Gasteiger partial charge in [-0.05, 0) is 108 Å². The van der Waals surface area contributed by atoms with Crippen molar-refractivity contribution >= 4 is 11.1 Å². The van der Waals surface area contributed by atoms with E-state index in [1.165, 1.54) is 50.1 Å². The molecule has 0 heterocycles. The van der Waals surface area contributed by atoms with Crippen molar-refractivity contribution in [3.8, 4) is 11.1 Å². The third kappa shape index (κ3) is 5.21. The number of fused-ring (bicyclic) bond motifs is 1. The Balaban J connectivity index is 0.000000317.